The highest BCUT2D eigenvalue weighted by molar-refractivity contribution is 9.10. The van der Waals surface area contributed by atoms with Gasteiger partial charge < -0.3 is 10.0 Å². The van der Waals surface area contributed by atoms with E-state index in [9.17, 15) is 5.11 Å². The molecule has 1 aliphatic rings. The third-order valence-corrected chi connectivity index (χ3v) is 5.05. The predicted octanol–water partition coefficient (Wildman–Crippen LogP) is 4.69. The molecule has 4 heteroatoms. The number of rotatable bonds is 1. The lowest BCUT2D eigenvalue weighted by molar-refractivity contribution is 0.294. The van der Waals surface area contributed by atoms with Crippen molar-refractivity contribution in [2.45, 2.75) is 19.4 Å². The summed E-state index contributed by atoms with van der Waals surface area (Å²) in [5, 5.41) is 10.7. The molecule has 1 aliphatic heterocycles. The number of hydrogen-bond donors (Lipinski definition) is 1. The zero-order valence-corrected chi connectivity index (χ0v) is 14.4. The van der Waals surface area contributed by atoms with Crippen LogP contribution < -0.4 is 0 Å². The lowest BCUT2D eigenvalue weighted by Crippen LogP contribution is -2.31. The molecular weight excluding hydrogens is 350 g/mol. The van der Waals surface area contributed by atoms with E-state index < -0.39 is 0 Å². The maximum atomic E-state index is 10.0. The molecule has 2 aromatic rings. The SMILES string of the molecule is Cc1ccc(C2CN(C)Cc3c(Br)cc(Cl)cc32)cc1O. The van der Waals surface area contributed by atoms with Crippen molar-refractivity contribution in [3.05, 3.63) is 62.1 Å². The second-order valence-electron chi connectivity index (χ2n) is 5.75. The summed E-state index contributed by atoms with van der Waals surface area (Å²) < 4.78 is 1.05. The predicted molar refractivity (Wildman–Crippen MR) is 90.2 cm³/mol. The molecule has 0 radical (unpaired) electrons. The molecule has 1 unspecified atom stereocenters. The van der Waals surface area contributed by atoms with Crippen molar-refractivity contribution in [3.63, 3.8) is 0 Å². The number of aromatic hydroxyl groups is 1. The van der Waals surface area contributed by atoms with E-state index in [-0.39, 0.29) is 5.92 Å². The summed E-state index contributed by atoms with van der Waals surface area (Å²) in [4.78, 5) is 2.29. The summed E-state index contributed by atoms with van der Waals surface area (Å²) in [5.41, 5.74) is 4.55. The molecule has 0 saturated carbocycles. The van der Waals surface area contributed by atoms with Crippen molar-refractivity contribution in [1.82, 2.24) is 4.90 Å². The second-order valence-corrected chi connectivity index (χ2v) is 7.04. The molecule has 21 heavy (non-hydrogen) atoms. The molecule has 110 valence electrons. The van der Waals surface area contributed by atoms with Gasteiger partial charge in [-0.05, 0) is 54.4 Å². The molecular formula is C17H17BrClNO. The summed E-state index contributed by atoms with van der Waals surface area (Å²) in [6.45, 7) is 3.73. The van der Waals surface area contributed by atoms with E-state index in [1.165, 1.54) is 11.1 Å². The minimum absolute atomic E-state index is 0.222. The van der Waals surface area contributed by atoms with Crippen molar-refractivity contribution in [2.24, 2.45) is 0 Å². The van der Waals surface area contributed by atoms with Gasteiger partial charge in [-0.15, -0.1) is 0 Å². The molecule has 1 N–H and O–H groups in total. The Morgan fingerprint density at radius 3 is 2.76 bits per heavy atom. The van der Waals surface area contributed by atoms with Crippen LogP contribution in [0.2, 0.25) is 5.02 Å². The monoisotopic (exact) mass is 365 g/mol. The first-order chi connectivity index (χ1) is 9.95. The van der Waals surface area contributed by atoms with Crippen LogP contribution in [0, 0.1) is 6.92 Å². The highest BCUT2D eigenvalue weighted by atomic mass is 79.9. The summed E-state index contributed by atoms with van der Waals surface area (Å²) >= 11 is 9.86. The largest absolute Gasteiger partial charge is 0.508 e. The fraction of sp³-hybridized carbons (Fsp3) is 0.294. The number of phenolic OH excluding ortho intramolecular Hbond substituents is 1. The minimum Gasteiger partial charge on any atom is -0.508 e. The highest BCUT2D eigenvalue weighted by Crippen LogP contribution is 2.39. The van der Waals surface area contributed by atoms with Crippen molar-refractivity contribution in [1.29, 1.82) is 0 Å². The molecule has 0 saturated heterocycles. The van der Waals surface area contributed by atoms with Crippen LogP contribution in [0.1, 0.15) is 28.2 Å². The van der Waals surface area contributed by atoms with Crippen molar-refractivity contribution < 1.29 is 5.11 Å². The zero-order valence-electron chi connectivity index (χ0n) is 12.0. The van der Waals surface area contributed by atoms with Crippen molar-refractivity contribution >= 4 is 27.5 Å². The summed E-state index contributed by atoms with van der Waals surface area (Å²) in [6, 6.07) is 9.94. The Balaban J connectivity index is 2.14. The molecule has 0 spiro atoms. The van der Waals surface area contributed by atoms with E-state index >= 15 is 0 Å². The van der Waals surface area contributed by atoms with Gasteiger partial charge >= 0.3 is 0 Å². The van der Waals surface area contributed by atoms with Gasteiger partial charge in [0.2, 0.25) is 0 Å². The number of hydrogen-bond acceptors (Lipinski definition) is 2. The van der Waals surface area contributed by atoms with Gasteiger partial charge in [0.25, 0.3) is 0 Å². The number of aryl methyl sites for hydroxylation is 1. The molecule has 0 aromatic heterocycles. The first-order valence-electron chi connectivity index (χ1n) is 6.91. The van der Waals surface area contributed by atoms with Gasteiger partial charge in [0.1, 0.15) is 5.75 Å². The number of halogens is 2. The molecule has 0 fully saturated rings. The van der Waals surface area contributed by atoms with Gasteiger partial charge in [-0.1, -0.05) is 39.7 Å². The van der Waals surface area contributed by atoms with E-state index in [2.05, 4.69) is 40.0 Å². The molecule has 0 bridgehead atoms. The number of phenols is 1. The summed E-state index contributed by atoms with van der Waals surface area (Å²) in [5.74, 6) is 0.573. The van der Waals surface area contributed by atoms with Gasteiger partial charge in [0.15, 0.2) is 0 Å². The van der Waals surface area contributed by atoms with Crippen molar-refractivity contribution in [3.8, 4) is 5.75 Å². The topological polar surface area (TPSA) is 23.5 Å². The normalized spacial score (nSPS) is 18.6. The van der Waals surface area contributed by atoms with Gasteiger partial charge in [-0.25, -0.2) is 0 Å². The lowest BCUT2D eigenvalue weighted by atomic mass is 9.84. The van der Waals surface area contributed by atoms with Crippen LogP contribution in [-0.4, -0.2) is 23.6 Å². The maximum absolute atomic E-state index is 10.0. The molecule has 2 nitrogen and oxygen atoms in total. The van der Waals surface area contributed by atoms with Crippen LogP contribution in [0.5, 0.6) is 5.75 Å². The van der Waals surface area contributed by atoms with Crippen LogP contribution in [0.15, 0.2) is 34.8 Å². The van der Waals surface area contributed by atoms with Crippen LogP contribution >= 0.6 is 27.5 Å². The van der Waals surface area contributed by atoms with Crippen LogP contribution in [0.25, 0.3) is 0 Å². The Morgan fingerprint density at radius 2 is 2.05 bits per heavy atom. The van der Waals surface area contributed by atoms with E-state index in [1.54, 1.807) is 0 Å². The Labute approximate surface area is 138 Å². The quantitative estimate of drug-likeness (QED) is 0.791. The fourth-order valence-corrected chi connectivity index (χ4v) is 3.93. The number of nitrogens with zero attached hydrogens (tertiary/aromatic N) is 1. The number of likely N-dealkylation sites (N-methyl/N-ethyl adjacent to an activating group) is 1. The Morgan fingerprint density at radius 1 is 1.29 bits per heavy atom. The molecule has 2 aromatic carbocycles. The smallest absolute Gasteiger partial charge is 0.118 e. The van der Waals surface area contributed by atoms with Crippen LogP contribution in [0.3, 0.4) is 0 Å². The van der Waals surface area contributed by atoms with Gasteiger partial charge in [0, 0.05) is 28.5 Å². The Bertz CT molecular complexity index is 701. The molecule has 3 rings (SSSR count). The van der Waals surface area contributed by atoms with Crippen LogP contribution in [-0.2, 0) is 6.54 Å². The second kappa shape index (κ2) is 5.64. The molecule has 0 aliphatic carbocycles. The maximum Gasteiger partial charge on any atom is 0.118 e. The van der Waals surface area contributed by atoms with E-state index in [0.29, 0.717) is 5.75 Å². The molecule has 1 heterocycles. The van der Waals surface area contributed by atoms with E-state index in [0.717, 1.165) is 33.7 Å². The zero-order chi connectivity index (χ0) is 15.1. The van der Waals surface area contributed by atoms with E-state index in [1.807, 2.05) is 25.1 Å². The van der Waals surface area contributed by atoms with Crippen LogP contribution in [0.4, 0.5) is 0 Å². The third kappa shape index (κ3) is 2.83. The Kier molecular flexibility index (Phi) is 4.00. The average Bonchev–Trinajstić information content (AvgIpc) is 2.42. The van der Waals surface area contributed by atoms with Gasteiger partial charge in [-0.3, -0.25) is 0 Å². The summed E-state index contributed by atoms with van der Waals surface area (Å²) in [7, 11) is 2.12. The fourth-order valence-electron chi connectivity index (χ4n) is 2.97. The average molecular weight is 367 g/mol. The summed E-state index contributed by atoms with van der Waals surface area (Å²) in [6.07, 6.45) is 0. The minimum atomic E-state index is 0.222. The lowest BCUT2D eigenvalue weighted by Gasteiger charge is -2.33. The third-order valence-electron chi connectivity index (χ3n) is 4.13. The Hall–Kier alpha value is -1.03. The first-order valence-corrected chi connectivity index (χ1v) is 8.08. The molecule has 1 atom stereocenters. The highest BCUT2D eigenvalue weighted by Gasteiger charge is 2.27. The number of fused-ring (bicyclic) bond motifs is 1. The number of benzene rings is 2. The molecule has 0 amide bonds. The van der Waals surface area contributed by atoms with Crippen molar-refractivity contribution in [2.75, 3.05) is 13.6 Å². The van der Waals surface area contributed by atoms with Gasteiger partial charge in [-0.2, -0.15) is 0 Å². The standard InChI is InChI=1S/C17H17BrClNO/c1-10-3-4-11(5-17(10)21)14-8-20(2)9-15-13(14)6-12(19)7-16(15)18/h3-7,14,21H,8-9H2,1-2H3. The van der Waals surface area contributed by atoms with E-state index in [4.69, 9.17) is 11.6 Å². The first kappa shape index (κ1) is 14.9. The van der Waals surface area contributed by atoms with Gasteiger partial charge in [0.05, 0.1) is 0 Å².